The molecule has 1 amide bonds. The van der Waals surface area contributed by atoms with Crippen molar-refractivity contribution in [3.05, 3.63) is 107 Å². The van der Waals surface area contributed by atoms with Crippen LogP contribution in [0.15, 0.2) is 90.0 Å². The van der Waals surface area contributed by atoms with Crippen LogP contribution in [-0.4, -0.2) is 14.8 Å². The lowest BCUT2D eigenvalue weighted by atomic mass is 10.1. The molecule has 1 aliphatic rings. The Morgan fingerprint density at radius 2 is 1.69 bits per heavy atom. The average molecular weight is 452 g/mol. The van der Waals surface area contributed by atoms with Gasteiger partial charge >= 0.3 is 0 Å². The third-order valence-electron chi connectivity index (χ3n) is 5.39. The van der Waals surface area contributed by atoms with Crippen molar-refractivity contribution in [1.82, 2.24) is 4.57 Å². The fourth-order valence-electron chi connectivity index (χ4n) is 3.88. The molecule has 3 aromatic carbocycles. The minimum atomic E-state index is -0.113. The highest BCUT2D eigenvalue weighted by Crippen LogP contribution is 2.37. The molecule has 2 heterocycles. The van der Waals surface area contributed by atoms with Gasteiger partial charge in [0.25, 0.3) is 5.91 Å². The number of anilines is 1. The van der Waals surface area contributed by atoms with E-state index in [1.54, 1.807) is 4.90 Å². The average Bonchev–Trinajstić information content (AvgIpc) is 3.31. The Balaban J connectivity index is 1.54. The van der Waals surface area contributed by atoms with Gasteiger partial charge in [0.05, 0.1) is 22.2 Å². The van der Waals surface area contributed by atoms with E-state index in [1.807, 2.05) is 85.1 Å². The lowest BCUT2D eigenvalue weighted by Gasteiger charge is -2.13. The van der Waals surface area contributed by atoms with Gasteiger partial charge in [0.1, 0.15) is 0 Å². The van der Waals surface area contributed by atoms with E-state index in [-0.39, 0.29) is 5.91 Å². The fourth-order valence-corrected chi connectivity index (χ4v) is 5.17. The molecule has 0 unspecified atom stereocenters. The maximum Gasteiger partial charge on any atom is 0.270 e. The van der Waals surface area contributed by atoms with Crippen LogP contribution in [-0.2, 0) is 11.3 Å². The predicted octanol–water partition coefficient (Wildman–Crippen LogP) is 5.97. The Bertz CT molecular complexity index is 1430. The van der Waals surface area contributed by atoms with Crippen LogP contribution in [0, 0.1) is 11.3 Å². The number of rotatable bonds is 4. The monoisotopic (exact) mass is 451 g/mol. The van der Waals surface area contributed by atoms with E-state index >= 15 is 0 Å². The number of carbonyl (C=O) groups is 1. The zero-order chi connectivity index (χ0) is 22.1. The summed E-state index contributed by atoms with van der Waals surface area (Å²) in [7, 11) is 0. The van der Waals surface area contributed by atoms with Gasteiger partial charge in [-0.15, -0.1) is 0 Å². The largest absolute Gasteiger partial charge is 0.342 e. The SMILES string of the molecule is N#Cc1ccccc1Cn1cc(C=C2SC(=S)N(c3ccccc3)C2=O)c2ccccc21. The summed E-state index contributed by atoms with van der Waals surface area (Å²) in [4.78, 5) is 15.3. The molecule has 0 bridgehead atoms. The van der Waals surface area contributed by atoms with E-state index in [2.05, 4.69) is 16.7 Å². The molecule has 0 N–H and O–H groups in total. The van der Waals surface area contributed by atoms with Crippen LogP contribution in [0.25, 0.3) is 17.0 Å². The van der Waals surface area contributed by atoms with Gasteiger partial charge < -0.3 is 4.57 Å². The van der Waals surface area contributed by atoms with E-state index in [4.69, 9.17) is 12.2 Å². The van der Waals surface area contributed by atoms with E-state index in [0.717, 1.165) is 27.7 Å². The molecular weight excluding hydrogens is 434 g/mol. The van der Waals surface area contributed by atoms with E-state index in [1.165, 1.54) is 11.8 Å². The van der Waals surface area contributed by atoms with Crippen LogP contribution in [0.5, 0.6) is 0 Å². The van der Waals surface area contributed by atoms with E-state index in [9.17, 15) is 10.1 Å². The summed E-state index contributed by atoms with van der Waals surface area (Å²) in [6.07, 6.45) is 3.95. The van der Waals surface area contributed by atoms with Gasteiger partial charge in [0.2, 0.25) is 0 Å². The number of aromatic nitrogens is 1. The Hall–Kier alpha value is -3.66. The first kappa shape index (κ1) is 20.3. The number of hydrogen-bond donors (Lipinski definition) is 0. The minimum absolute atomic E-state index is 0.113. The van der Waals surface area contributed by atoms with Gasteiger partial charge in [-0.25, -0.2) is 0 Å². The number of benzene rings is 3. The van der Waals surface area contributed by atoms with Gasteiger partial charge in [0, 0.05) is 29.2 Å². The molecule has 6 heteroatoms. The highest BCUT2D eigenvalue weighted by atomic mass is 32.2. The fraction of sp³-hybridized carbons (Fsp3) is 0.0385. The summed E-state index contributed by atoms with van der Waals surface area (Å²) in [6.45, 7) is 0.572. The minimum Gasteiger partial charge on any atom is -0.342 e. The van der Waals surface area contributed by atoms with Crippen molar-refractivity contribution in [3.8, 4) is 6.07 Å². The van der Waals surface area contributed by atoms with Crippen molar-refractivity contribution < 1.29 is 4.79 Å². The highest BCUT2D eigenvalue weighted by molar-refractivity contribution is 8.27. The predicted molar refractivity (Wildman–Crippen MR) is 134 cm³/mol. The van der Waals surface area contributed by atoms with Gasteiger partial charge in [0.15, 0.2) is 4.32 Å². The Morgan fingerprint density at radius 1 is 0.969 bits per heavy atom. The summed E-state index contributed by atoms with van der Waals surface area (Å²) in [5.74, 6) is -0.113. The molecule has 32 heavy (non-hydrogen) atoms. The molecule has 1 aromatic heterocycles. The second kappa shape index (κ2) is 8.46. The third kappa shape index (κ3) is 3.62. The van der Waals surface area contributed by atoms with Crippen molar-refractivity contribution in [2.24, 2.45) is 0 Å². The lowest BCUT2D eigenvalue weighted by Crippen LogP contribution is -2.27. The van der Waals surface area contributed by atoms with Crippen LogP contribution in [0.1, 0.15) is 16.7 Å². The van der Waals surface area contributed by atoms with Gasteiger partial charge in [-0.3, -0.25) is 9.69 Å². The first-order valence-corrected chi connectivity index (χ1v) is 11.3. The Kier molecular flexibility index (Phi) is 5.36. The summed E-state index contributed by atoms with van der Waals surface area (Å²) < 4.78 is 2.65. The maximum atomic E-state index is 13.1. The smallest absolute Gasteiger partial charge is 0.270 e. The molecule has 0 aliphatic carbocycles. The number of nitriles is 1. The van der Waals surface area contributed by atoms with Crippen LogP contribution < -0.4 is 4.90 Å². The van der Waals surface area contributed by atoms with Crippen LogP contribution in [0.2, 0.25) is 0 Å². The van der Waals surface area contributed by atoms with Crippen molar-refractivity contribution in [2.75, 3.05) is 4.90 Å². The first-order valence-electron chi connectivity index (χ1n) is 10.0. The first-order chi connectivity index (χ1) is 15.7. The number of hydrogen-bond acceptors (Lipinski definition) is 4. The van der Waals surface area contributed by atoms with Crippen molar-refractivity contribution >= 4 is 56.9 Å². The number of fused-ring (bicyclic) bond motifs is 1. The number of nitrogens with zero attached hydrogens (tertiary/aromatic N) is 3. The molecule has 1 fully saturated rings. The summed E-state index contributed by atoms with van der Waals surface area (Å²) in [5.41, 5.74) is 4.39. The van der Waals surface area contributed by atoms with Crippen LogP contribution in [0.4, 0.5) is 5.69 Å². The molecule has 4 nitrogen and oxygen atoms in total. The van der Waals surface area contributed by atoms with Crippen molar-refractivity contribution in [2.45, 2.75) is 6.54 Å². The van der Waals surface area contributed by atoms with E-state index in [0.29, 0.717) is 21.3 Å². The molecule has 0 radical (unpaired) electrons. The molecule has 0 spiro atoms. The van der Waals surface area contributed by atoms with Crippen molar-refractivity contribution in [1.29, 1.82) is 5.26 Å². The van der Waals surface area contributed by atoms with Crippen molar-refractivity contribution in [3.63, 3.8) is 0 Å². The molecule has 1 aliphatic heterocycles. The topological polar surface area (TPSA) is 49.0 Å². The number of thiocarbonyl (C=S) groups is 1. The number of thioether (sulfide) groups is 1. The zero-order valence-corrected chi connectivity index (χ0v) is 18.6. The summed E-state index contributed by atoms with van der Waals surface area (Å²) >= 11 is 6.82. The zero-order valence-electron chi connectivity index (χ0n) is 16.9. The molecule has 0 atom stereocenters. The molecule has 5 rings (SSSR count). The van der Waals surface area contributed by atoms with Crippen LogP contribution >= 0.6 is 24.0 Å². The Morgan fingerprint density at radius 3 is 2.50 bits per heavy atom. The van der Waals surface area contributed by atoms with Gasteiger partial charge in [-0.05, 0) is 35.9 Å². The van der Waals surface area contributed by atoms with Gasteiger partial charge in [-0.2, -0.15) is 5.26 Å². The second-order valence-electron chi connectivity index (χ2n) is 7.35. The number of para-hydroxylation sites is 2. The molecule has 154 valence electrons. The van der Waals surface area contributed by atoms with E-state index < -0.39 is 0 Å². The standard InChI is InChI=1S/C26H17N3OS2/c27-15-18-8-4-5-9-19(18)16-28-17-20(22-12-6-7-13-23(22)28)14-24-25(30)29(26(31)32-24)21-10-2-1-3-11-21/h1-14,17H,16H2. The number of carbonyl (C=O) groups excluding carboxylic acids is 1. The highest BCUT2D eigenvalue weighted by Gasteiger charge is 2.33. The second-order valence-corrected chi connectivity index (χ2v) is 9.03. The maximum absolute atomic E-state index is 13.1. The Labute approximate surface area is 195 Å². The molecule has 4 aromatic rings. The quantitative estimate of drug-likeness (QED) is 0.283. The lowest BCUT2D eigenvalue weighted by molar-refractivity contribution is -0.113. The summed E-state index contributed by atoms with van der Waals surface area (Å²) in [6, 6.07) is 27.4. The molecule has 0 saturated carbocycles. The number of amides is 1. The van der Waals surface area contributed by atoms with Crippen LogP contribution in [0.3, 0.4) is 0 Å². The summed E-state index contributed by atoms with van der Waals surface area (Å²) in [5, 5.41) is 10.5. The normalized spacial score (nSPS) is 15.0. The third-order valence-corrected chi connectivity index (χ3v) is 6.69. The van der Waals surface area contributed by atoms with Gasteiger partial charge in [-0.1, -0.05) is 78.6 Å². The molecular formula is C26H17N3OS2. The molecule has 1 saturated heterocycles.